The molecule has 2 heterocycles. The summed E-state index contributed by atoms with van der Waals surface area (Å²) in [6, 6.07) is 2.12. The molecule has 0 amide bonds. The molecule has 94 valence electrons. The van der Waals surface area contributed by atoms with Crippen molar-refractivity contribution in [1.29, 1.82) is 0 Å². The van der Waals surface area contributed by atoms with Crippen LogP contribution in [0.25, 0.3) is 0 Å². The zero-order chi connectivity index (χ0) is 12.4. The van der Waals surface area contributed by atoms with E-state index in [0.717, 1.165) is 31.0 Å². The van der Waals surface area contributed by atoms with E-state index in [1.807, 2.05) is 6.92 Å². The van der Waals surface area contributed by atoms with E-state index >= 15 is 0 Å². The second kappa shape index (κ2) is 5.00. The lowest BCUT2D eigenvalue weighted by molar-refractivity contribution is 0.0496. The predicted molar refractivity (Wildman–Crippen MR) is 68.3 cm³/mol. The molecule has 1 fully saturated rings. The van der Waals surface area contributed by atoms with Crippen LogP contribution in [0.3, 0.4) is 0 Å². The molecule has 0 bridgehead atoms. The Bertz CT molecular complexity index is 394. The van der Waals surface area contributed by atoms with Gasteiger partial charge in [-0.1, -0.05) is 6.92 Å². The van der Waals surface area contributed by atoms with E-state index in [1.165, 1.54) is 5.56 Å². The fourth-order valence-electron chi connectivity index (χ4n) is 2.24. The average molecular weight is 235 g/mol. The summed E-state index contributed by atoms with van der Waals surface area (Å²) in [4.78, 5) is 2.27. The summed E-state index contributed by atoms with van der Waals surface area (Å²) in [6.45, 7) is 8.26. The van der Waals surface area contributed by atoms with Crippen LogP contribution in [0.15, 0.2) is 6.07 Å². The first-order valence-corrected chi connectivity index (χ1v) is 6.20. The Balaban J connectivity index is 2.14. The third-order valence-corrected chi connectivity index (χ3v) is 3.73. The molecule has 1 saturated heterocycles. The number of ether oxygens (including phenoxy) is 1. The summed E-state index contributed by atoms with van der Waals surface area (Å²) in [5, 5.41) is 8.47. The zero-order valence-electron chi connectivity index (χ0n) is 11.1. The highest BCUT2D eigenvalue weighted by Gasteiger charge is 2.26. The van der Waals surface area contributed by atoms with Crippen molar-refractivity contribution in [3.8, 4) is 0 Å². The zero-order valence-corrected chi connectivity index (χ0v) is 11.1. The first kappa shape index (κ1) is 12.3. The van der Waals surface area contributed by atoms with Gasteiger partial charge in [-0.2, -0.15) is 5.10 Å². The molecule has 4 nitrogen and oxygen atoms in total. The van der Waals surface area contributed by atoms with Gasteiger partial charge in [-0.05, 0) is 37.8 Å². The van der Waals surface area contributed by atoms with Crippen molar-refractivity contribution in [3.63, 3.8) is 0 Å². The van der Waals surface area contributed by atoms with Gasteiger partial charge in [0.05, 0.1) is 11.8 Å². The number of nitrogens with zero attached hydrogens (tertiary/aromatic N) is 3. The Morgan fingerprint density at radius 1 is 1.35 bits per heavy atom. The van der Waals surface area contributed by atoms with Crippen LogP contribution >= 0.6 is 0 Å². The minimum absolute atomic E-state index is 0.298. The normalized spacial score (nSPS) is 25.1. The topological polar surface area (TPSA) is 38.2 Å². The molecule has 17 heavy (non-hydrogen) atoms. The van der Waals surface area contributed by atoms with E-state index in [-0.39, 0.29) is 0 Å². The van der Waals surface area contributed by atoms with Crippen molar-refractivity contribution in [1.82, 2.24) is 10.2 Å². The molecule has 1 aromatic heterocycles. The van der Waals surface area contributed by atoms with E-state index in [0.29, 0.717) is 12.0 Å². The van der Waals surface area contributed by atoms with Crippen molar-refractivity contribution >= 4 is 5.82 Å². The van der Waals surface area contributed by atoms with Gasteiger partial charge in [-0.25, -0.2) is 0 Å². The monoisotopic (exact) mass is 235 g/mol. The molecule has 2 atom stereocenters. The highest BCUT2D eigenvalue weighted by atomic mass is 16.5. The third kappa shape index (κ3) is 2.57. The lowest BCUT2D eigenvalue weighted by atomic mass is 9.96. The van der Waals surface area contributed by atoms with Gasteiger partial charge in [-0.3, -0.25) is 0 Å². The highest BCUT2D eigenvalue weighted by Crippen LogP contribution is 2.23. The molecule has 4 heteroatoms. The van der Waals surface area contributed by atoms with E-state index in [4.69, 9.17) is 4.74 Å². The molecular weight excluding hydrogens is 214 g/mol. The van der Waals surface area contributed by atoms with E-state index in [2.05, 4.69) is 35.0 Å². The lowest BCUT2D eigenvalue weighted by Crippen LogP contribution is -2.44. The van der Waals surface area contributed by atoms with Crippen molar-refractivity contribution < 1.29 is 4.74 Å². The summed E-state index contributed by atoms with van der Waals surface area (Å²) < 4.78 is 5.52. The van der Waals surface area contributed by atoms with Gasteiger partial charge >= 0.3 is 0 Å². The Hall–Kier alpha value is -1.16. The predicted octanol–water partition coefficient (Wildman–Crippen LogP) is 1.95. The van der Waals surface area contributed by atoms with Crippen LogP contribution in [-0.4, -0.2) is 36.5 Å². The smallest absolute Gasteiger partial charge is 0.151 e. The molecule has 2 rings (SSSR count). The molecule has 1 aliphatic heterocycles. The maximum atomic E-state index is 5.52. The Morgan fingerprint density at radius 2 is 2.12 bits per heavy atom. The summed E-state index contributed by atoms with van der Waals surface area (Å²) >= 11 is 0. The minimum Gasteiger partial charge on any atom is -0.379 e. The molecule has 0 aliphatic carbocycles. The van der Waals surface area contributed by atoms with Gasteiger partial charge in [0.2, 0.25) is 0 Å². The largest absolute Gasteiger partial charge is 0.379 e. The number of rotatable bonds is 2. The lowest BCUT2D eigenvalue weighted by Gasteiger charge is -2.36. The molecule has 1 aromatic rings. The van der Waals surface area contributed by atoms with Gasteiger partial charge in [0.15, 0.2) is 5.82 Å². The standard InChI is InChI=1S/C13H21N3O/c1-9-5-6-16(8-12(9)17-4)13-7-10(2)11(3)14-15-13/h7,9,12H,5-6,8H2,1-4H3. The first-order chi connectivity index (χ1) is 8.11. The van der Waals surface area contributed by atoms with Gasteiger partial charge < -0.3 is 9.64 Å². The maximum Gasteiger partial charge on any atom is 0.151 e. The van der Waals surface area contributed by atoms with Crippen LogP contribution in [0.1, 0.15) is 24.6 Å². The Kier molecular flexibility index (Phi) is 3.62. The average Bonchev–Trinajstić information content (AvgIpc) is 2.33. The minimum atomic E-state index is 0.298. The second-order valence-corrected chi connectivity index (χ2v) is 4.96. The summed E-state index contributed by atoms with van der Waals surface area (Å²) in [5.74, 6) is 1.60. The van der Waals surface area contributed by atoms with Crippen molar-refractivity contribution in [3.05, 3.63) is 17.3 Å². The highest BCUT2D eigenvalue weighted by molar-refractivity contribution is 5.41. The van der Waals surface area contributed by atoms with Crippen LogP contribution in [0.5, 0.6) is 0 Å². The number of aromatic nitrogens is 2. The van der Waals surface area contributed by atoms with E-state index in [9.17, 15) is 0 Å². The molecule has 2 unspecified atom stereocenters. The van der Waals surface area contributed by atoms with Crippen LogP contribution in [0.4, 0.5) is 5.82 Å². The fraction of sp³-hybridized carbons (Fsp3) is 0.692. The number of anilines is 1. The SMILES string of the molecule is COC1CN(c2cc(C)c(C)nn2)CCC1C. The fourth-order valence-corrected chi connectivity index (χ4v) is 2.24. The summed E-state index contributed by atoms with van der Waals surface area (Å²) in [7, 11) is 1.79. The number of methoxy groups -OCH3 is 1. The second-order valence-electron chi connectivity index (χ2n) is 4.96. The molecule has 1 aliphatic rings. The number of hydrogen-bond acceptors (Lipinski definition) is 4. The molecule has 0 aromatic carbocycles. The molecule has 0 saturated carbocycles. The Morgan fingerprint density at radius 3 is 2.76 bits per heavy atom. The Labute approximate surface area is 103 Å². The van der Waals surface area contributed by atoms with E-state index < -0.39 is 0 Å². The van der Waals surface area contributed by atoms with Crippen molar-refractivity contribution in [2.75, 3.05) is 25.1 Å². The quantitative estimate of drug-likeness (QED) is 0.785. The van der Waals surface area contributed by atoms with Gasteiger partial charge in [0.25, 0.3) is 0 Å². The van der Waals surface area contributed by atoms with Crippen molar-refractivity contribution in [2.24, 2.45) is 5.92 Å². The summed E-state index contributed by atoms with van der Waals surface area (Å²) in [5.41, 5.74) is 2.20. The van der Waals surface area contributed by atoms with E-state index in [1.54, 1.807) is 7.11 Å². The van der Waals surface area contributed by atoms with Crippen LogP contribution in [0, 0.1) is 19.8 Å². The number of piperidine rings is 1. The number of aryl methyl sites for hydroxylation is 2. The van der Waals surface area contributed by atoms with Gasteiger partial charge in [-0.15, -0.1) is 5.10 Å². The van der Waals surface area contributed by atoms with Gasteiger partial charge in [0.1, 0.15) is 0 Å². The third-order valence-electron chi connectivity index (χ3n) is 3.73. The van der Waals surface area contributed by atoms with Crippen LogP contribution in [-0.2, 0) is 4.74 Å². The summed E-state index contributed by atoms with van der Waals surface area (Å²) in [6.07, 6.45) is 1.44. The molecule has 0 N–H and O–H groups in total. The number of hydrogen-bond donors (Lipinski definition) is 0. The maximum absolute atomic E-state index is 5.52. The van der Waals surface area contributed by atoms with Crippen LogP contribution in [0.2, 0.25) is 0 Å². The van der Waals surface area contributed by atoms with Crippen LogP contribution < -0.4 is 4.90 Å². The molecule has 0 radical (unpaired) electrons. The van der Waals surface area contributed by atoms with Crippen molar-refractivity contribution in [2.45, 2.75) is 33.3 Å². The first-order valence-electron chi connectivity index (χ1n) is 6.20. The molecule has 0 spiro atoms. The van der Waals surface area contributed by atoms with Gasteiger partial charge in [0, 0.05) is 20.2 Å². The molecular formula is C13H21N3O.